The number of ketones is 1. The fraction of sp³-hybridized carbons (Fsp3) is 0.200. The van der Waals surface area contributed by atoms with Gasteiger partial charge in [0.05, 0.1) is 28.4 Å². The van der Waals surface area contributed by atoms with Crippen LogP contribution in [0.4, 0.5) is 0 Å². The Balaban J connectivity index is 2.14. The maximum Gasteiger partial charge on any atom is 0.195 e. The van der Waals surface area contributed by atoms with Gasteiger partial charge in [0.25, 0.3) is 0 Å². The van der Waals surface area contributed by atoms with Gasteiger partial charge in [-0.3, -0.25) is 9.78 Å². The van der Waals surface area contributed by atoms with Crippen molar-refractivity contribution < 1.29 is 23.7 Å². The minimum absolute atomic E-state index is 0.170. The van der Waals surface area contributed by atoms with Gasteiger partial charge < -0.3 is 18.9 Å². The summed E-state index contributed by atoms with van der Waals surface area (Å²) in [5.74, 6) is 2.01. The number of methoxy groups -OCH3 is 4. The molecule has 0 atom stereocenters. The number of nitrogens with zero attached hydrogens (tertiary/aromatic N) is 1. The number of rotatable bonds is 6. The van der Waals surface area contributed by atoms with E-state index in [0.717, 1.165) is 10.8 Å². The van der Waals surface area contributed by atoms with Crippen LogP contribution in [0.1, 0.15) is 15.9 Å². The highest BCUT2D eigenvalue weighted by Crippen LogP contribution is 2.34. The summed E-state index contributed by atoms with van der Waals surface area (Å²) >= 11 is 0. The lowest BCUT2D eigenvalue weighted by atomic mass is 9.99. The SMILES string of the molecule is COc1ccc(C(=O)c2cncc3cc(OC)c(OC)cc23)cc1OC. The molecule has 0 spiro atoms. The van der Waals surface area contributed by atoms with Crippen LogP contribution in [-0.2, 0) is 0 Å². The van der Waals surface area contributed by atoms with Crippen molar-refractivity contribution in [1.82, 2.24) is 4.98 Å². The summed E-state index contributed by atoms with van der Waals surface area (Å²) in [7, 11) is 6.20. The predicted octanol–water partition coefficient (Wildman–Crippen LogP) is 3.50. The van der Waals surface area contributed by atoms with Gasteiger partial charge in [-0.05, 0) is 35.7 Å². The minimum atomic E-state index is -0.170. The van der Waals surface area contributed by atoms with Crippen LogP contribution < -0.4 is 18.9 Å². The van der Waals surface area contributed by atoms with Crippen molar-refractivity contribution in [2.45, 2.75) is 0 Å². The van der Waals surface area contributed by atoms with Crippen LogP contribution in [0.15, 0.2) is 42.7 Å². The molecule has 134 valence electrons. The summed E-state index contributed by atoms with van der Waals surface area (Å²) < 4.78 is 21.2. The summed E-state index contributed by atoms with van der Waals surface area (Å²) in [6, 6.07) is 8.63. The second kappa shape index (κ2) is 7.31. The van der Waals surface area contributed by atoms with Gasteiger partial charge in [-0.25, -0.2) is 0 Å². The number of benzene rings is 2. The Morgan fingerprint density at radius 3 is 2.04 bits per heavy atom. The maximum absolute atomic E-state index is 13.1. The van der Waals surface area contributed by atoms with Crippen molar-refractivity contribution in [3.63, 3.8) is 0 Å². The molecule has 3 rings (SSSR count). The van der Waals surface area contributed by atoms with Gasteiger partial charge in [-0.1, -0.05) is 0 Å². The standard InChI is InChI=1S/C20H19NO5/c1-23-16-6-5-12(7-17(16)24-2)20(22)15-11-21-10-13-8-18(25-3)19(26-4)9-14(13)15/h5-11H,1-4H3. The van der Waals surface area contributed by atoms with Crippen LogP contribution in [-0.4, -0.2) is 39.2 Å². The summed E-state index contributed by atoms with van der Waals surface area (Å²) in [5, 5.41) is 1.52. The minimum Gasteiger partial charge on any atom is -0.493 e. The molecule has 0 amide bonds. The highest BCUT2D eigenvalue weighted by atomic mass is 16.5. The van der Waals surface area contributed by atoms with Gasteiger partial charge >= 0.3 is 0 Å². The number of hydrogen-bond acceptors (Lipinski definition) is 6. The molecule has 0 N–H and O–H groups in total. The second-order valence-corrected chi connectivity index (χ2v) is 5.51. The molecule has 0 fully saturated rings. The number of aromatic nitrogens is 1. The number of pyridine rings is 1. The zero-order valence-electron chi connectivity index (χ0n) is 15.0. The predicted molar refractivity (Wildman–Crippen MR) is 97.8 cm³/mol. The van der Waals surface area contributed by atoms with Crippen molar-refractivity contribution >= 4 is 16.6 Å². The van der Waals surface area contributed by atoms with E-state index in [2.05, 4.69) is 4.98 Å². The van der Waals surface area contributed by atoms with E-state index >= 15 is 0 Å². The fourth-order valence-corrected chi connectivity index (χ4v) is 2.81. The fourth-order valence-electron chi connectivity index (χ4n) is 2.81. The Bertz CT molecular complexity index is 968. The third kappa shape index (κ3) is 3.01. The van der Waals surface area contributed by atoms with E-state index in [1.165, 1.54) is 7.11 Å². The summed E-state index contributed by atoms with van der Waals surface area (Å²) in [6.45, 7) is 0. The maximum atomic E-state index is 13.1. The van der Waals surface area contributed by atoms with Crippen LogP contribution in [0.2, 0.25) is 0 Å². The third-order valence-electron chi connectivity index (χ3n) is 4.15. The molecule has 0 saturated carbocycles. The highest BCUT2D eigenvalue weighted by molar-refractivity contribution is 6.16. The molecule has 0 aliphatic heterocycles. The first kappa shape index (κ1) is 17.5. The Hall–Kier alpha value is -3.28. The Kier molecular flexibility index (Phi) is 4.93. The Morgan fingerprint density at radius 1 is 0.769 bits per heavy atom. The van der Waals surface area contributed by atoms with Crippen molar-refractivity contribution in [3.8, 4) is 23.0 Å². The van der Waals surface area contributed by atoms with E-state index in [4.69, 9.17) is 18.9 Å². The first-order valence-electron chi connectivity index (χ1n) is 7.89. The van der Waals surface area contributed by atoms with E-state index in [9.17, 15) is 4.79 Å². The molecule has 3 aromatic rings. The average molecular weight is 353 g/mol. The van der Waals surface area contributed by atoms with Crippen LogP contribution >= 0.6 is 0 Å². The third-order valence-corrected chi connectivity index (χ3v) is 4.15. The normalized spacial score (nSPS) is 10.5. The lowest BCUT2D eigenvalue weighted by Crippen LogP contribution is -2.04. The number of carbonyl (C=O) groups is 1. The number of carbonyl (C=O) groups excluding carboxylic acids is 1. The van der Waals surface area contributed by atoms with E-state index in [1.54, 1.807) is 64.1 Å². The quantitative estimate of drug-likeness (QED) is 0.632. The van der Waals surface area contributed by atoms with Crippen LogP contribution in [0, 0.1) is 0 Å². The van der Waals surface area contributed by atoms with E-state index in [-0.39, 0.29) is 5.78 Å². The van der Waals surface area contributed by atoms with E-state index in [0.29, 0.717) is 34.1 Å². The molecule has 0 unspecified atom stereocenters. The lowest BCUT2D eigenvalue weighted by Gasteiger charge is -2.12. The Labute approximate surface area is 151 Å². The van der Waals surface area contributed by atoms with E-state index < -0.39 is 0 Å². The number of fused-ring (bicyclic) bond motifs is 1. The smallest absolute Gasteiger partial charge is 0.195 e. The average Bonchev–Trinajstić information content (AvgIpc) is 2.70. The van der Waals surface area contributed by atoms with Gasteiger partial charge in [0.15, 0.2) is 28.8 Å². The van der Waals surface area contributed by atoms with Crippen molar-refractivity contribution in [2.75, 3.05) is 28.4 Å². The first-order chi connectivity index (χ1) is 12.6. The number of ether oxygens (including phenoxy) is 4. The van der Waals surface area contributed by atoms with Crippen molar-refractivity contribution in [3.05, 3.63) is 53.9 Å². The number of hydrogen-bond donors (Lipinski definition) is 0. The second-order valence-electron chi connectivity index (χ2n) is 5.51. The molecular weight excluding hydrogens is 334 g/mol. The molecule has 1 aromatic heterocycles. The monoisotopic (exact) mass is 353 g/mol. The molecule has 2 aromatic carbocycles. The molecular formula is C20H19NO5. The molecule has 0 radical (unpaired) electrons. The largest absolute Gasteiger partial charge is 0.493 e. The van der Waals surface area contributed by atoms with Crippen LogP contribution in [0.5, 0.6) is 23.0 Å². The molecule has 6 nitrogen and oxygen atoms in total. The molecule has 26 heavy (non-hydrogen) atoms. The molecule has 0 aliphatic carbocycles. The van der Waals surface area contributed by atoms with Gasteiger partial charge in [0, 0.05) is 28.9 Å². The van der Waals surface area contributed by atoms with Gasteiger partial charge in [-0.2, -0.15) is 0 Å². The molecule has 6 heteroatoms. The summed E-state index contributed by atoms with van der Waals surface area (Å²) in [5.41, 5.74) is 0.947. The Morgan fingerprint density at radius 2 is 1.38 bits per heavy atom. The lowest BCUT2D eigenvalue weighted by molar-refractivity contribution is 0.103. The first-order valence-corrected chi connectivity index (χ1v) is 7.89. The molecule has 0 bridgehead atoms. The van der Waals surface area contributed by atoms with Crippen molar-refractivity contribution in [2.24, 2.45) is 0 Å². The van der Waals surface area contributed by atoms with Gasteiger partial charge in [0.2, 0.25) is 0 Å². The van der Waals surface area contributed by atoms with Crippen molar-refractivity contribution in [1.29, 1.82) is 0 Å². The molecule has 1 heterocycles. The topological polar surface area (TPSA) is 66.9 Å². The summed E-state index contributed by atoms with van der Waals surface area (Å²) in [6.07, 6.45) is 3.23. The summed E-state index contributed by atoms with van der Waals surface area (Å²) in [4.78, 5) is 17.3. The van der Waals surface area contributed by atoms with Gasteiger partial charge in [0.1, 0.15) is 0 Å². The molecule has 0 saturated heterocycles. The van der Waals surface area contributed by atoms with Gasteiger partial charge in [-0.15, -0.1) is 0 Å². The zero-order valence-corrected chi connectivity index (χ0v) is 15.0. The van der Waals surface area contributed by atoms with Crippen LogP contribution in [0.3, 0.4) is 0 Å². The highest BCUT2D eigenvalue weighted by Gasteiger charge is 2.17. The van der Waals surface area contributed by atoms with E-state index in [1.807, 2.05) is 0 Å². The zero-order chi connectivity index (χ0) is 18.7. The molecule has 0 aliphatic rings. The van der Waals surface area contributed by atoms with Crippen LogP contribution in [0.25, 0.3) is 10.8 Å².